The lowest BCUT2D eigenvalue weighted by Gasteiger charge is -2.39. The maximum absolute atomic E-state index is 13.5. The van der Waals surface area contributed by atoms with Gasteiger partial charge in [0.2, 0.25) is 5.89 Å². The van der Waals surface area contributed by atoms with Gasteiger partial charge in [0.15, 0.2) is 0 Å². The third-order valence-electron chi connectivity index (χ3n) is 7.29. The number of carbonyl (C=O) groups excluding carboxylic acids is 1. The highest BCUT2D eigenvalue weighted by Crippen LogP contribution is 2.41. The van der Waals surface area contributed by atoms with Crippen molar-refractivity contribution in [1.29, 1.82) is 0 Å². The predicted octanol–water partition coefficient (Wildman–Crippen LogP) is 4.65. The molecule has 2 fully saturated rings. The molecule has 0 spiro atoms. The molecule has 0 bridgehead atoms. The van der Waals surface area contributed by atoms with Crippen molar-refractivity contribution in [2.75, 3.05) is 6.61 Å². The molecular formula is C24H26F2N6O3. The topological polar surface area (TPSA) is 99.2 Å². The Bertz CT molecular complexity index is 1220. The monoisotopic (exact) mass is 484 g/mol. The zero-order valence-electron chi connectivity index (χ0n) is 19.1. The number of amides is 1. The fourth-order valence-corrected chi connectivity index (χ4v) is 5.62. The summed E-state index contributed by atoms with van der Waals surface area (Å²) < 4.78 is 38.8. The summed E-state index contributed by atoms with van der Waals surface area (Å²) in [5.41, 5.74) is 2.59. The molecular weight excluding hydrogens is 458 g/mol. The molecule has 3 aliphatic rings. The van der Waals surface area contributed by atoms with Gasteiger partial charge in [-0.3, -0.25) is 9.78 Å². The van der Waals surface area contributed by atoms with E-state index in [1.807, 2.05) is 15.8 Å². The quantitative estimate of drug-likeness (QED) is 0.520. The zero-order valence-corrected chi connectivity index (χ0v) is 19.1. The summed E-state index contributed by atoms with van der Waals surface area (Å²) in [6.07, 6.45) is 7.55. The van der Waals surface area contributed by atoms with E-state index in [1.54, 1.807) is 6.07 Å². The molecule has 5 heterocycles. The minimum absolute atomic E-state index is 0.0155. The minimum Gasteiger partial charge on any atom is -0.415 e. The average molecular weight is 485 g/mol. The Morgan fingerprint density at radius 3 is 2.74 bits per heavy atom. The second-order valence-corrected chi connectivity index (χ2v) is 9.38. The number of halogens is 2. The lowest BCUT2D eigenvalue weighted by molar-refractivity contribution is -0.0426. The van der Waals surface area contributed by atoms with E-state index in [4.69, 9.17) is 9.15 Å². The van der Waals surface area contributed by atoms with Gasteiger partial charge in [-0.15, -0.1) is 10.2 Å². The number of rotatable bonds is 5. The van der Waals surface area contributed by atoms with E-state index in [1.165, 1.54) is 6.20 Å². The van der Waals surface area contributed by atoms with Crippen LogP contribution < -0.4 is 0 Å². The Hall–Kier alpha value is -3.21. The Morgan fingerprint density at radius 1 is 1.09 bits per heavy atom. The number of hydrogen-bond donors (Lipinski definition) is 0. The van der Waals surface area contributed by atoms with Gasteiger partial charge in [-0.1, -0.05) is 12.8 Å². The fourth-order valence-electron chi connectivity index (χ4n) is 5.62. The molecule has 3 atom stereocenters. The smallest absolute Gasteiger partial charge is 0.314 e. The highest BCUT2D eigenvalue weighted by molar-refractivity contribution is 5.99. The van der Waals surface area contributed by atoms with Gasteiger partial charge in [-0.25, -0.2) is 4.68 Å². The van der Waals surface area contributed by atoms with Crippen LogP contribution in [0.5, 0.6) is 0 Å². The van der Waals surface area contributed by atoms with E-state index >= 15 is 0 Å². The van der Waals surface area contributed by atoms with E-state index in [9.17, 15) is 13.6 Å². The summed E-state index contributed by atoms with van der Waals surface area (Å²) in [7, 11) is 0. The number of aromatic nitrogens is 5. The molecule has 3 unspecified atom stereocenters. The molecule has 11 heteroatoms. The largest absolute Gasteiger partial charge is 0.415 e. The molecule has 0 N–H and O–H groups in total. The summed E-state index contributed by atoms with van der Waals surface area (Å²) in [5, 5.41) is 11.6. The maximum atomic E-state index is 13.5. The van der Waals surface area contributed by atoms with Crippen molar-refractivity contribution in [2.24, 2.45) is 0 Å². The van der Waals surface area contributed by atoms with Crippen molar-refractivity contribution < 1.29 is 22.7 Å². The third-order valence-corrected chi connectivity index (χ3v) is 7.29. The molecule has 35 heavy (non-hydrogen) atoms. The van der Waals surface area contributed by atoms with Crippen LogP contribution in [0.1, 0.15) is 91.2 Å². The van der Waals surface area contributed by atoms with Crippen molar-refractivity contribution in [2.45, 2.75) is 76.1 Å². The Kier molecular flexibility index (Phi) is 5.79. The van der Waals surface area contributed by atoms with Crippen molar-refractivity contribution in [1.82, 2.24) is 29.9 Å². The number of hydrogen-bond acceptors (Lipinski definition) is 7. The summed E-state index contributed by atoms with van der Waals surface area (Å²) in [4.78, 5) is 19.9. The fraction of sp³-hybridized carbons (Fsp3) is 0.542. The maximum Gasteiger partial charge on any atom is 0.314 e. The predicted molar refractivity (Wildman–Crippen MR) is 118 cm³/mol. The highest BCUT2D eigenvalue weighted by Gasteiger charge is 2.41. The SMILES string of the molecule is O=C1c2cc(-c3nnc(C(F)F)o3)cnc2CN1C1CCCCC1c1ccnn1C1CCCCO1. The third kappa shape index (κ3) is 4.01. The number of nitrogens with zero attached hydrogens (tertiary/aromatic N) is 6. The van der Waals surface area contributed by atoms with Crippen LogP contribution in [-0.2, 0) is 11.3 Å². The van der Waals surface area contributed by atoms with Gasteiger partial charge in [0.1, 0.15) is 6.23 Å². The standard InChI is InChI=1S/C24H26F2N6O3/c25-21(26)23-30-29-22(35-23)14-11-16-17(27-12-14)13-31(24(16)33)18-6-2-1-5-15(18)19-8-9-28-32(19)20-7-3-4-10-34-20/h8-9,11-12,15,18,20-21H,1-7,10,13H2. The number of fused-ring (bicyclic) bond motifs is 1. The molecule has 9 nitrogen and oxygen atoms in total. The van der Waals surface area contributed by atoms with Crippen molar-refractivity contribution >= 4 is 5.91 Å². The van der Waals surface area contributed by atoms with Crippen LogP contribution in [0.25, 0.3) is 11.5 Å². The van der Waals surface area contributed by atoms with Crippen LogP contribution in [0, 0.1) is 0 Å². The van der Waals surface area contributed by atoms with Gasteiger partial charge < -0.3 is 14.1 Å². The summed E-state index contributed by atoms with van der Waals surface area (Å²) in [6.45, 7) is 1.15. The van der Waals surface area contributed by atoms with Gasteiger partial charge in [0.05, 0.1) is 23.4 Å². The van der Waals surface area contributed by atoms with E-state index in [0.29, 0.717) is 23.4 Å². The molecule has 1 aliphatic carbocycles. The lowest BCUT2D eigenvalue weighted by atomic mass is 9.81. The molecule has 1 saturated carbocycles. The van der Waals surface area contributed by atoms with Crippen LogP contribution in [0.15, 0.2) is 28.9 Å². The molecule has 1 amide bonds. The molecule has 3 aromatic rings. The van der Waals surface area contributed by atoms with Gasteiger partial charge in [-0.05, 0) is 44.2 Å². The van der Waals surface area contributed by atoms with Crippen molar-refractivity contribution in [3.05, 3.63) is 47.4 Å². The Labute approximate surface area is 200 Å². The molecule has 0 aromatic carbocycles. The molecule has 1 saturated heterocycles. The van der Waals surface area contributed by atoms with Crippen LogP contribution >= 0.6 is 0 Å². The van der Waals surface area contributed by atoms with E-state index in [2.05, 4.69) is 26.3 Å². The summed E-state index contributed by atoms with van der Waals surface area (Å²) in [6, 6.07) is 3.69. The summed E-state index contributed by atoms with van der Waals surface area (Å²) in [5.74, 6) is -0.787. The number of carbonyl (C=O) groups is 1. The highest BCUT2D eigenvalue weighted by atomic mass is 19.3. The molecule has 2 aliphatic heterocycles. The Balaban J connectivity index is 1.27. The minimum atomic E-state index is -2.86. The van der Waals surface area contributed by atoms with Crippen LogP contribution in [0.3, 0.4) is 0 Å². The molecule has 3 aromatic heterocycles. The average Bonchev–Trinajstić information content (AvgIpc) is 3.64. The molecule has 6 rings (SSSR count). The first-order valence-corrected chi connectivity index (χ1v) is 12.2. The van der Waals surface area contributed by atoms with E-state index < -0.39 is 12.3 Å². The lowest BCUT2D eigenvalue weighted by Crippen LogP contribution is -2.42. The van der Waals surface area contributed by atoms with Gasteiger partial charge in [0, 0.05) is 36.7 Å². The number of alkyl halides is 2. The molecule has 184 valence electrons. The van der Waals surface area contributed by atoms with E-state index in [-0.39, 0.29) is 30.0 Å². The first-order valence-electron chi connectivity index (χ1n) is 12.2. The normalized spacial score (nSPS) is 24.8. The van der Waals surface area contributed by atoms with Crippen LogP contribution in [-0.4, -0.2) is 48.4 Å². The van der Waals surface area contributed by atoms with Crippen LogP contribution in [0.4, 0.5) is 8.78 Å². The van der Waals surface area contributed by atoms with Crippen molar-refractivity contribution in [3.8, 4) is 11.5 Å². The Morgan fingerprint density at radius 2 is 1.94 bits per heavy atom. The second-order valence-electron chi connectivity index (χ2n) is 9.38. The van der Waals surface area contributed by atoms with Gasteiger partial charge in [-0.2, -0.15) is 13.9 Å². The summed E-state index contributed by atoms with van der Waals surface area (Å²) >= 11 is 0. The van der Waals surface area contributed by atoms with Crippen molar-refractivity contribution in [3.63, 3.8) is 0 Å². The number of ether oxygens (including phenoxy) is 1. The number of pyridine rings is 1. The first-order chi connectivity index (χ1) is 17.1. The van der Waals surface area contributed by atoms with E-state index in [0.717, 1.165) is 57.2 Å². The first kappa shape index (κ1) is 22.3. The van der Waals surface area contributed by atoms with Crippen LogP contribution in [0.2, 0.25) is 0 Å². The molecule has 0 radical (unpaired) electrons. The second kappa shape index (κ2) is 9.10. The zero-order chi connectivity index (χ0) is 23.9. The van der Waals surface area contributed by atoms with Gasteiger partial charge in [0.25, 0.3) is 11.8 Å². The van der Waals surface area contributed by atoms with Gasteiger partial charge >= 0.3 is 6.43 Å².